The van der Waals surface area contributed by atoms with Crippen LogP contribution in [-0.4, -0.2) is 41.3 Å². The lowest BCUT2D eigenvalue weighted by Crippen LogP contribution is -2.52. The second kappa shape index (κ2) is 10.4. The molecule has 0 spiro atoms. The van der Waals surface area contributed by atoms with E-state index in [4.69, 9.17) is 23.2 Å². The summed E-state index contributed by atoms with van der Waals surface area (Å²) in [5.74, 6) is 0. The zero-order chi connectivity index (χ0) is 24.3. The topological polar surface area (TPSA) is 70.7 Å². The molecule has 0 bridgehead atoms. The van der Waals surface area contributed by atoms with Crippen molar-refractivity contribution in [2.45, 2.75) is 25.2 Å². The van der Waals surface area contributed by atoms with Crippen molar-refractivity contribution in [2.24, 2.45) is 0 Å². The van der Waals surface area contributed by atoms with E-state index in [9.17, 15) is 15.5 Å². The molecule has 2 N–H and O–H groups in total. The van der Waals surface area contributed by atoms with E-state index in [1.807, 2.05) is 61.5 Å². The summed E-state index contributed by atoms with van der Waals surface area (Å²) >= 11 is 12.7. The van der Waals surface area contributed by atoms with Gasteiger partial charge in [0, 0.05) is 31.2 Å². The van der Waals surface area contributed by atoms with Crippen molar-refractivity contribution in [3.8, 4) is 6.07 Å². The number of aliphatic hydroxyl groups is 2. The van der Waals surface area contributed by atoms with E-state index in [-0.39, 0.29) is 12.6 Å². The van der Waals surface area contributed by atoms with Crippen LogP contribution >= 0.6 is 23.2 Å². The van der Waals surface area contributed by atoms with E-state index in [0.717, 1.165) is 28.9 Å². The van der Waals surface area contributed by atoms with Crippen LogP contribution in [0, 0.1) is 11.3 Å². The van der Waals surface area contributed by atoms with Crippen LogP contribution in [0.2, 0.25) is 10.0 Å². The van der Waals surface area contributed by atoms with Gasteiger partial charge in [0.25, 0.3) is 0 Å². The van der Waals surface area contributed by atoms with Gasteiger partial charge < -0.3 is 15.1 Å². The van der Waals surface area contributed by atoms with Crippen LogP contribution < -0.4 is 4.90 Å². The third-order valence-corrected chi connectivity index (χ3v) is 6.95. The molecule has 0 saturated carbocycles. The maximum atomic E-state index is 11.3. The second-order valence-electron chi connectivity index (χ2n) is 8.90. The lowest BCUT2D eigenvalue weighted by molar-refractivity contribution is 0.0103. The molecule has 0 aromatic heterocycles. The van der Waals surface area contributed by atoms with E-state index in [1.54, 1.807) is 12.1 Å². The van der Waals surface area contributed by atoms with Crippen LogP contribution in [0.5, 0.6) is 0 Å². The van der Waals surface area contributed by atoms with Gasteiger partial charge in [0.15, 0.2) is 0 Å². The lowest BCUT2D eigenvalue weighted by Gasteiger charge is -2.45. The number of piperazine rings is 1. The van der Waals surface area contributed by atoms with Crippen molar-refractivity contribution in [1.82, 2.24) is 4.90 Å². The average Bonchev–Trinajstić information content (AvgIpc) is 2.84. The highest BCUT2D eigenvalue weighted by molar-refractivity contribution is 6.33. The smallest absolute Gasteiger partial charge is 0.0994 e. The molecular weight excluding hydrogens is 469 g/mol. The fourth-order valence-electron chi connectivity index (χ4n) is 4.55. The number of anilines is 1. The van der Waals surface area contributed by atoms with Crippen molar-refractivity contribution < 1.29 is 10.2 Å². The summed E-state index contributed by atoms with van der Waals surface area (Å²) in [6.07, 6.45) is 0. The minimum atomic E-state index is -1.05. The molecule has 1 heterocycles. The average molecular weight is 496 g/mol. The van der Waals surface area contributed by atoms with Gasteiger partial charge in [0.1, 0.15) is 0 Å². The monoisotopic (exact) mass is 495 g/mol. The molecule has 1 aliphatic heterocycles. The van der Waals surface area contributed by atoms with Gasteiger partial charge in [0.05, 0.1) is 40.6 Å². The van der Waals surface area contributed by atoms with Crippen molar-refractivity contribution in [3.63, 3.8) is 0 Å². The van der Waals surface area contributed by atoms with Gasteiger partial charge in [-0.3, -0.25) is 4.90 Å². The van der Waals surface area contributed by atoms with Crippen LogP contribution in [0.4, 0.5) is 5.69 Å². The fourth-order valence-corrected chi connectivity index (χ4v) is 4.96. The van der Waals surface area contributed by atoms with E-state index in [1.165, 1.54) is 0 Å². The van der Waals surface area contributed by atoms with Crippen LogP contribution in [0.1, 0.15) is 35.2 Å². The first kappa shape index (κ1) is 24.5. The molecule has 1 aliphatic rings. The highest BCUT2D eigenvalue weighted by Gasteiger charge is 2.34. The molecule has 176 valence electrons. The van der Waals surface area contributed by atoms with E-state index < -0.39 is 5.60 Å². The van der Waals surface area contributed by atoms with Crippen molar-refractivity contribution in [3.05, 3.63) is 99.0 Å². The van der Waals surface area contributed by atoms with Crippen molar-refractivity contribution in [1.29, 1.82) is 5.26 Å². The summed E-state index contributed by atoms with van der Waals surface area (Å²) in [7, 11) is 0. The Labute approximate surface area is 210 Å². The third kappa shape index (κ3) is 5.38. The predicted octanol–water partition coefficient (Wildman–Crippen LogP) is 5.13. The third-order valence-electron chi connectivity index (χ3n) is 6.40. The van der Waals surface area contributed by atoms with Crippen LogP contribution in [-0.2, 0) is 12.2 Å². The first-order valence-corrected chi connectivity index (χ1v) is 11.9. The quantitative estimate of drug-likeness (QED) is 0.495. The minimum Gasteiger partial charge on any atom is -0.392 e. The molecule has 0 aliphatic carbocycles. The van der Waals surface area contributed by atoms with Gasteiger partial charge in [-0.25, -0.2) is 0 Å². The first-order chi connectivity index (χ1) is 16.3. The molecule has 0 amide bonds. The van der Waals surface area contributed by atoms with Gasteiger partial charge in [0.2, 0.25) is 0 Å². The standard InChI is InChI=1S/C27H27Cl2N3O2/c1-27(34,22-7-2-19(17-33)3-8-22)18-31-12-13-32(25-11-4-20(15-30)14-24(25)29)26(16-31)21-5-9-23(28)10-6-21/h2-11,14,26,33-34H,12-13,16-18H2,1H3/t26-,27+/m0/s1. The molecular formula is C27H27Cl2N3O2. The zero-order valence-electron chi connectivity index (χ0n) is 19.0. The Bertz CT molecular complexity index is 1170. The summed E-state index contributed by atoms with van der Waals surface area (Å²) in [6.45, 7) is 4.39. The molecule has 3 aromatic rings. The normalized spacial score (nSPS) is 18.4. The van der Waals surface area contributed by atoms with Crippen LogP contribution in [0.25, 0.3) is 0 Å². The number of halogens is 2. The lowest BCUT2D eigenvalue weighted by atomic mass is 9.93. The number of nitriles is 1. The Balaban J connectivity index is 1.60. The summed E-state index contributed by atoms with van der Waals surface area (Å²) < 4.78 is 0. The molecule has 0 unspecified atom stereocenters. The van der Waals surface area contributed by atoms with Gasteiger partial charge in [-0.15, -0.1) is 0 Å². The number of rotatable bonds is 6. The van der Waals surface area contributed by atoms with Crippen molar-refractivity contribution in [2.75, 3.05) is 31.1 Å². The van der Waals surface area contributed by atoms with Crippen LogP contribution in [0.15, 0.2) is 66.7 Å². The molecule has 0 radical (unpaired) electrons. The van der Waals surface area contributed by atoms with Gasteiger partial charge in [-0.05, 0) is 53.9 Å². The van der Waals surface area contributed by atoms with E-state index in [0.29, 0.717) is 35.2 Å². The highest BCUT2D eigenvalue weighted by Crippen LogP contribution is 2.37. The largest absolute Gasteiger partial charge is 0.392 e. The highest BCUT2D eigenvalue weighted by atomic mass is 35.5. The van der Waals surface area contributed by atoms with Crippen molar-refractivity contribution >= 4 is 28.9 Å². The van der Waals surface area contributed by atoms with Gasteiger partial charge >= 0.3 is 0 Å². The Morgan fingerprint density at radius 1 is 1.03 bits per heavy atom. The second-order valence-corrected chi connectivity index (χ2v) is 9.75. The van der Waals surface area contributed by atoms with Crippen LogP contribution in [0.3, 0.4) is 0 Å². The summed E-state index contributed by atoms with van der Waals surface area (Å²) in [5.41, 5.74) is 3.08. The molecule has 5 nitrogen and oxygen atoms in total. The predicted molar refractivity (Wildman–Crippen MR) is 136 cm³/mol. The van der Waals surface area contributed by atoms with E-state index in [2.05, 4.69) is 15.9 Å². The summed E-state index contributed by atoms with van der Waals surface area (Å²) in [5, 5.41) is 31.0. The molecule has 1 fully saturated rings. The Hall–Kier alpha value is -2.59. The number of hydrogen-bond acceptors (Lipinski definition) is 5. The number of benzene rings is 3. The first-order valence-electron chi connectivity index (χ1n) is 11.2. The number of β-amino-alcohol motifs (C(OH)–C–C–N with tert-alkyl or cyclic N) is 1. The summed E-state index contributed by atoms with van der Waals surface area (Å²) in [4.78, 5) is 4.52. The zero-order valence-corrected chi connectivity index (χ0v) is 20.5. The fraction of sp³-hybridized carbons (Fsp3) is 0.296. The molecule has 2 atom stereocenters. The molecule has 4 rings (SSSR count). The molecule has 7 heteroatoms. The van der Waals surface area contributed by atoms with E-state index >= 15 is 0 Å². The number of aliphatic hydroxyl groups excluding tert-OH is 1. The number of hydrogen-bond donors (Lipinski definition) is 2. The SMILES string of the molecule is C[C@@](O)(CN1CCN(c2ccc(C#N)cc2Cl)[C@H](c2ccc(Cl)cc2)C1)c1ccc(CO)cc1. The maximum absolute atomic E-state index is 11.3. The Morgan fingerprint density at radius 3 is 2.35 bits per heavy atom. The Kier molecular flexibility index (Phi) is 7.47. The minimum absolute atomic E-state index is 0.0102. The Morgan fingerprint density at radius 2 is 1.74 bits per heavy atom. The van der Waals surface area contributed by atoms with Gasteiger partial charge in [-0.2, -0.15) is 5.26 Å². The number of nitrogens with zero attached hydrogens (tertiary/aromatic N) is 3. The maximum Gasteiger partial charge on any atom is 0.0994 e. The molecule has 3 aromatic carbocycles. The molecule has 34 heavy (non-hydrogen) atoms. The summed E-state index contributed by atoms with van der Waals surface area (Å²) in [6, 6.07) is 22.7. The molecule has 1 saturated heterocycles. The van der Waals surface area contributed by atoms with Gasteiger partial charge in [-0.1, -0.05) is 59.6 Å².